The fraction of sp³-hybridized carbons (Fsp3) is 0.209. The molecule has 1 unspecified atom stereocenters. The second-order valence-electron chi connectivity index (χ2n) is 13.3. The van der Waals surface area contributed by atoms with Gasteiger partial charge in [0.1, 0.15) is 5.75 Å². The molecule has 0 saturated carbocycles. The quantitative estimate of drug-likeness (QED) is 0.116. The van der Waals surface area contributed by atoms with E-state index in [2.05, 4.69) is 130 Å². The van der Waals surface area contributed by atoms with Crippen LogP contribution in [-0.4, -0.2) is 32.7 Å². The SMILES string of the molecule is C=C(CO[Si](c1ccccc1)(c1ccccc1)C(C)(C)C)C1=CCOC1CC/C(=C/c1ccc(O)c2ccccc12)c1ccccc1. The first-order valence-electron chi connectivity index (χ1n) is 16.5. The van der Waals surface area contributed by atoms with E-state index in [9.17, 15) is 5.11 Å². The molecule has 1 aliphatic rings. The van der Waals surface area contributed by atoms with Crippen molar-refractivity contribution >= 4 is 41.1 Å². The molecule has 4 heteroatoms. The third-order valence-corrected chi connectivity index (χ3v) is 14.3. The molecule has 3 nitrogen and oxygen atoms in total. The van der Waals surface area contributed by atoms with Crippen LogP contribution in [-0.2, 0) is 9.16 Å². The van der Waals surface area contributed by atoms with Crippen LogP contribution in [0.15, 0.2) is 151 Å². The Morgan fingerprint density at radius 2 is 1.38 bits per heavy atom. The largest absolute Gasteiger partial charge is 0.507 e. The highest BCUT2D eigenvalue weighted by Crippen LogP contribution is 2.38. The monoisotopic (exact) mass is 636 g/mol. The highest BCUT2D eigenvalue weighted by Gasteiger charge is 2.50. The van der Waals surface area contributed by atoms with E-state index < -0.39 is 8.32 Å². The zero-order valence-electron chi connectivity index (χ0n) is 27.7. The van der Waals surface area contributed by atoms with Gasteiger partial charge in [0.15, 0.2) is 0 Å². The van der Waals surface area contributed by atoms with Gasteiger partial charge in [0, 0.05) is 5.39 Å². The summed E-state index contributed by atoms with van der Waals surface area (Å²) in [6.07, 6.45) is 6.02. The molecule has 0 aromatic heterocycles. The van der Waals surface area contributed by atoms with Crippen molar-refractivity contribution in [3.05, 3.63) is 162 Å². The lowest BCUT2D eigenvalue weighted by atomic mass is 9.92. The topological polar surface area (TPSA) is 38.7 Å². The first-order valence-corrected chi connectivity index (χ1v) is 18.4. The summed E-state index contributed by atoms with van der Waals surface area (Å²) in [4.78, 5) is 0. The standard InChI is InChI=1S/C43H44O3Si/c1-32(31-46-47(43(2,3)4,36-18-10-6-11-19-36)37-20-12-7-13-21-37)38-28-29-45-42(38)27-25-34(33-16-8-5-9-17-33)30-35-24-26-41(44)40-23-15-14-22-39(35)40/h5-24,26,28,30,42,44H,1,25,27,29,31H2,2-4H3/b34-30-. The Hall–Kier alpha value is -4.48. The molecule has 1 heterocycles. The number of allylic oxidation sites excluding steroid dienone is 1. The predicted molar refractivity (Wildman–Crippen MR) is 200 cm³/mol. The summed E-state index contributed by atoms with van der Waals surface area (Å²) >= 11 is 0. The number of phenols is 1. The van der Waals surface area contributed by atoms with Crippen LogP contribution in [0, 0.1) is 0 Å². The van der Waals surface area contributed by atoms with Gasteiger partial charge < -0.3 is 14.3 Å². The lowest BCUT2D eigenvalue weighted by molar-refractivity contribution is 0.117. The van der Waals surface area contributed by atoms with Crippen LogP contribution < -0.4 is 10.4 Å². The Kier molecular flexibility index (Phi) is 9.74. The Labute approximate surface area is 280 Å². The average molecular weight is 637 g/mol. The molecule has 5 aromatic rings. The highest BCUT2D eigenvalue weighted by atomic mass is 28.4. The number of aromatic hydroxyl groups is 1. The summed E-state index contributed by atoms with van der Waals surface area (Å²) in [6, 6.07) is 43.9. The molecule has 1 aliphatic heterocycles. The molecular formula is C43H44O3Si. The van der Waals surface area contributed by atoms with Gasteiger partial charge in [-0.05, 0) is 67.6 Å². The van der Waals surface area contributed by atoms with Crippen LogP contribution in [0.1, 0.15) is 44.7 Å². The van der Waals surface area contributed by atoms with E-state index in [-0.39, 0.29) is 11.1 Å². The van der Waals surface area contributed by atoms with E-state index in [1.54, 1.807) is 6.07 Å². The summed E-state index contributed by atoms with van der Waals surface area (Å²) < 4.78 is 13.5. The van der Waals surface area contributed by atoms with Gasteiger partial charge in [0.2, 0.25) is 0 Å². The molecule has 238 valence electrons. The van der Waals surface area contributed by atoms with Crippen molar-refractivity contribution < 1.29 is 14.3 Å². The minimum Gasteiger partial charge on any atom is -0.507 e. The third-order valence-electron chi connectivity index (χ3n) is 9.32. The first kappa shape index (κ1) is 32.5. The van der Waals surface area contributed by atoms with Gasteiger partial charge >= 0.3 is 0 Å². The fourth-order valence-electron chi connectivity index (χ4n) is 6.99. The number of fused-ring (bicyclic) bond motifs is 1. The van der Waals surface area contributed by atoms with Crippen LogP contribution >= 0.6 is 0 Å². The molecule has 0 saturated heterocycles. The lowest BCUT2D eigenvalue weighted by Crippen LogP contribution is -2.66. The summed E-state index contributed by atoms with van der Waals surface area (Å²) in [5, 5.41) is 14.8. The maximum absolute atomic E-state index is 10.5. The van der Waals surface area contributed by atoms with Crippen LogP contribution in [0.4, 0.5) is 0 Å². The van der Waals surface area contributed by atoms with Crippen molar-refractivity contribution in [3.63, 3.8) is 0 Å². The van der Waals surface area contributed by atoms with Crippen molar-refractivity contribution in [2.75, 3.05) is 13.2 Å². The van der Waals surface area contributed by atoms with Crippen LogP contribution in [0.25, 0.3) is 22.4 Å². The minimum atomic E-state index is -2.69. The van der Waals surface area contributed by atoms with E-state index in [0.29, 0.717) is 19.0 Å². The second kappa shape index (κ2) is 14.1. The molecule has 0 aliphatic carbocycles. The molecule has 0 amide bonds. The number of hydrogen-bond donors (Lipinski definition) is 1. The molecule has 1 atom stereocenters. The molecule has 0 radical (unpaired) electrons. The molecule has 47 heavy (non-hydrogen) atoms. The fourth-order valence-corrected chi connectivity index (χ4v) is 11.5. The highest BCUT2D eigenvalue weighted by molar-refractivity contribution is 6.99. The minimum absolute atomic E-state index is 0.0612. The summed E-state index contributed by atoms with van der Waals surface area (Å²) in [6.45, 7) is 12.5. The maximum atomic E-state index is 10.5. The van der Waals surface area contributed by atoms with Gasteiger partial charge in [-0.1, -0.05) is 161 Å². The molecule has 0 spiro atoms. The molecule has 0 fully saturated rings. The van der Waals surface area contributed by atoms with Gasteiger partial charge in [-0.25, -0.2) is 0 Å². The number of ether oxygens (including phenoxy) is 1. The molecule has 5 aromatic carbocycles. The van der Waals surface area contributed by atoms with Crippen molar-refractivity contribution in [1.82, 2.24) is 0 Å². The van der Waals surface area contributed by atoms with E-state index in [0.717, 1.165) is 40.3 Å². The number of hydrogen-bond acceptors (Lipinski definition) is 3. The van der Waals surface area contributed by atoms with Crippen LogP contribution in [0.3, 0.4) is 0 Å². The van der Waals surface area contributed by atoms with Crippen molar-refractivity contribution in [3.8, 4) is 5.75 Å². The predicted octanol–water partition coefficient (Wildman–Crippen LogP) is 9.32. The zero-order valence-corrected chi connectivity index (χ0v) is 28.7. The van der Waals surface area contributed by atoms with Gasteiger partial charge in [0.05, 0.1) is 19.3 Å². The zero-order chi connectivity index (χ0) is 32.9. The number of rotatable bonds is 11. The van der Waals surface area contributed by atoms with E-state index in [1.165, 1.54) is 21.5 Å². The Balaban J connectivity index is 1.25. The number of phenolic OH excluding ortho intramolecular Hbond substituents is 1. The van der Waals surface area contributed by atoms with Crippen molar-refractivity contribution in [2.24, 2.45) is 0 Å². The van der Waals surface area contributed by atoms with Gasteiger partial charge in [-0.3, -0.25) is 0 Å². The van der Waals surface area contributed by atoms with Gasteiger partial charge in [-0.15, -0.1) is 0 Å². The Bertz CT molecular complexity index is 1850. The normalized spacial score (nSPS) is 15.5. The third kappa shape index (κ3) is 6.82. The lowest BCUT2D eigenvalue weighted by Gasteiger charge is -2.43. The molecular weight excluding hydrogens is 593 g/mol. The number of benzene rings is 5. The molecule has 0 bridgehead atoms. The summed E-state index contributed by atoms with van der Waals surface area (Å²) in [5.74, 6) is 0.298. The van der Waals surface area contributed by atoms with Crippen molar-refractivity contribution in [2.45, 2.75) is 44.8 Å². The first-order chi connectivity index (χ1) is 22.8. The van der Waals surface area contributed by atoms with E-state index in [1.807, 2.05) is 30.3 Å². The van der Waals surface area contributed by atoms with Crippen molar-refractivity contribution in [1.29, 1.82) is 0 Å². The molecule has 6 rings (SSSR count). The van der Waals surface area contributed by atoms with E-state index in [4.69, 9.17) is 9.16 Å². The van der Waals surface area contributed by atoms with E-state index >= 15 is 0 Å². The molecule has 1 N–H and O–H groups in total. The Morgan fingerprint density at radius 3 is 2.00 bits per heavy atom. The van der Waals surface area contributed by atoms with Crippen LogP contribution in [0.5, 0.6) is 5.75 Å². The second-order valence-corrected chi connectivity index (χ2v) is 17.6. The summed E-state index contributed by atoms with van der Waals surface area (Å²) in [7, 11) is -2.69. The maximum Gasteiger partial charge on any atom is 0.261 e. The Morgan fingerprint density at radius 1 is 0.809 bits per heavy atom. The van der Waals surface area contributed by atoms with Gasteiger partial charge in [-0.2, -0.15) is 0 Å². The van der Waals surface area contributed by atoms with Crippen LogP contribution in [0.2, 0.25) is 5.04 Å². The average Bonchev–Trinajstić information content (AvgIpc) is 3.57. The summed E-state index contributed by atoms with van der Waals surface area (Å²) in [5.41, 5.74) is 5.62. The van der Waals surface area contributed by atoms with Gasteiger partial charge in [0.25, 0.3) is 8.32 Å². The smallest absolute Gasteiger partial charge is 0.261 e.